The number of aliphatic carboxylic acids is 1. The van der Waals surface area contributed by atoms with Gasteiger partial charge in [0.15, 0.2) is 0 Å². The fraction of sp³-hybridized carbons (Fsp3) is 0.143. The lowest BCUT2D eigenvalue weighted by molar-refractivity contribution is -0.138. The molecule has 0 bridgehead atoms. The van der Waals surface area contributed by atoms with Crippen LogP contribution in [0.5, 0.6) is 11.5 Å². The lowest BCUT2D eigenvalue weighted by Gasteiger charge is -2.08. The monoisotopic (exact) mass is 258 g/mol. The molecule has 1 aromatic carbocycles. The molecular weight excluding hydrogens is 244 g/mol. The van der Waals surface area contributed by atoms with Crippen molar-refractivity contribution >= 4 is 5.97 Å². The Kier molecular flexibility index (Phi) is 4.10. The number of ether oxygens (including phenoxy) is 1. The van der Waals surface area contributed by atoms with E-state index in [1.807, 2.05) is 0 Å². The average Bonchev–Trinajstić information content (AvgIpc) is 2.42. The predicted octanol–water partition coefficient (Wildman–Crippen LogP) is 1.83. The predicted molar refractivity (Wildman–Crippen MR) is 70.1 cm³/mol. The van der Waals surface area contributed by atoms with E-state index in [1.54, 1.807) is 48.8 Å². The summed E-state index contributed by atoms with van der Waals surface area (Å²) in [6.45, 7) is 0. The van der Waals surface area contributed by atoms with E-state index in [0.717, 1.165) is 5.56 Å². The molecule has 3 N–H and O–H groups in total. The first kappa shape index (κ1) is 13.0. The normalized spacial score (nSPS) is 11.8. The zero-order valence-corrected chi connectivity index (χ0v) is 10.2. The van der Waals surface area contributed by atoms with Crippen LogP contribution in [-0.2, 0) is 11.2 Å². The number of carboxylic acid groups (broad SMARTS) is 1. The number of carbonyl (C=O) groups is 1. The van der Waals surface area contributed by atoms with Gasteiger partial charge in [0.2, 0.25) is 0 Å². The summed E-state index contributed by atoms with van der Waals surface area (Å²) in [5, 5.41) is 8.74. The van der Waals surface area contributed by atoms with Crippen LogP contribution in [0.25, 0.3) is 0 Å². The van der Waals surface area contributed by atoms with Gasteiger partial charge >= 0.3 is 5.97 Å². The Morgan fingerprint density at radius 1 is 1.16 bits per heavy atom. The van der Waals surface area contributed by atoms with Gasteiger partial charge in [-0.2, -0.15) is 0 Å². The van der Waals surface area contributed by atoms with Crippen LogP contribution < -0.4 is 10.5 Å². The fourth-order valence-corrected chi connectivity index (χ4v) is 1.58. The number of hydrogen-bond donors (Lipinski definition) is 2. The standard InChI is InChI=1S/C14H14N2O3/c15-13(14(17)18)9-10-1-3-11(4-2-10)19-12-5-7-16-8-6-12/h1-8,13H,9,15H2,(H,17,18)/t13-/m0/s1. The summed E-state index contributed by atoms with van der Waals surface area (Å²) >= 11 is 0. The Hall–Kier alpha value is -2.40. The molecule has 2 aromatic rings. The molecule has 1 heterocycles. The summed E-state index contributed by atoms with van der Waals surface area (Å²) in [6.07, 6.45) is 3.59. The number of pyridine rings is 1. The first-order valence-electron chi connectivity index (χ1n) is 5.80. The molecule has 2 rings (SSSR count). The van der Waals surface area contributed by atoms with Crippen molar-refractivity contribution in [1.29, 1.82) is 0 Å². The van der Waals surface area contributed by atoms with Crippen LogP contribution in [0.1, 0.15) is 5.56 Å². The maximum absolute atomic E-state index is 10.7. The first-order valence-corrected chi connectivity index (χ1v) is 5.80. The second-order valence-electron chi connectivity index (χ2n) is 4.08. The molecule has 0 amide bonds. The molecule has 0 aliphatic heterocycles. The van der Waals surface area contributed by atoms with E-state index in [2.05, 4.69) is 4.98 Å². The minimum atomic E-state index is -1.00. The molecule has 0 aliphatic rings. The molecule has 0 saturated carbocycles. The smallest absolute Gasteiger partial charge is 0.320 e. The number of aromatic nitrogens is 1. The van der Waals surface area contributed by atoms with Gasteiger partial charge in [-0.15, -0.1) is 0 Å². The van der Waals surface area contributed by atoms with Crippen molar-refractivity contribution < 1.29 is 14.6 Å². The van der Waals surface area contributed by atoms with Crippen molar-refractivity contribution in [2.75, 3.05) is 0 Å². The van der Waals surface area contributed by atoms with E-state index in [4.69, 9.17) is 15.6 Å². The quantitative estimate of drug-likeness (QED) is 0.854. The van der Waals surface area contributed by atoms with Gasteiger partial charge < -0.3 is 15.6 Å². The van der Waals surface area contributed by atoms with Crippen LogP contribution in [0.2, 0.25) is 0 Å². The molecule has 0 fully saturated rings. The molecule has 1 aromatic heterocycles. The number of benzene rings is 1. The largest absolute Gasteiger partial charge is 0.480 e. The van der Waals surface area contributed by atoms with E-state index in [-0.39, 0.29) is 0 Å². The Bertz CT molecular complexity index is 540. The summed E-state index contributed by atoms with van der Waals surface area (Å²) in [7, 11) is 0. The molecule has 0 aliphatic carbocycles. The summed E-state index contributed by atoms with van der Waals surface area (Å²) in [4.78, 5) is 14.6. The Balaban J connectivity index is 2.01. The van der Waals surface area contributed by atoms with Crippen molar-refractivity contribution in [3.05, 3.63) is 54.4 Å². The highest BCUT2D eigenvalue weighted by Crippen LogP contribution is 2.20. The van der Waals surface area contributed by atoms with Crippen molar-refractivity contribution in [3.63, 3.8) is 0 Å². The molecule has 0 saturated heterocycles. The molecule has 5 heteroatoms. The van der Waals surface area contributed by atoms with Gasteiger partial charge in [0.25, 0.3) is 0 Å². The maximum atomic E-state index is 10.7. The lowest BCUT2D eigenvalue weighted by Crippen LogP contribution is -2.32. The van der Waals surface area contributed by atoms with E-state index < -0.39 is 12.0 Å². The minimum Gasteiger partial charge on any atom is -0.480 e. The van der Waals surface area contributed by atoms with Crippen LogP contribution in [0.15, 0.2) is 48.8 Å². The Morgan fingerprint density at radius 2 is 1.74 bits per heavy atom. The average molecular weight is 258 g/mol. The Labute approximate surface area is 110 Å². The second kappa shape index (κ2) is 5.97. The van der Waals surface area contributed by atoms with Gasteiger partial charge in [-0.1, -0.05) is 12.1 Å². The number of carboxylic acids is 1. The van der Waals surface area contributed by atoms with Gasteiger partial charge in [-0.05, 0) is 36.2 Å². The number of nitrogens with zero attached hydrogens (tertiary/aromatic N) is 1. The van der Waals surface area contributed by atoms with Crippen molar-refractivity contribution in [3.8, 4) is 11.5 Å². The SMILES string of the molecule is N[C@@H](Cc1ccc(Oc2ccncc2)cc1)C(=O)O. The fourth-order valence-electron chi connectivity index (χ4n) is 1.58. The molecule has 0 spiro atoms. The summed E-state index contributed by atoms with van der Waals surface area (Å²) in [6, 6.07) is 9.81. The number of nitrogens with two attached hydrogens (primary N) is 1. The van der Waals surface area contributed by atoms with Crippen molar-refractivity contribution in [2.24, 2.45) is 5.73 Å². The molecule has 5 nitrogen and oxygen atoms in total. The zero-order chi connectivity index (χ0) is 13.7. The number of hydrogen-bond acceptors (Lipinski definition) is 4. The van der Waals surface area contributed by atoms with Crippen LogP contribution in [-0.4, -0.2) is 22.1 Å². The van der Waals surface area contributed by atoms with Crippen LogP contribution in [0, 0.1) is 0 Å². The van der Waals surface area contributed by atoms with Gasteiger partial charge in [0.1, 0.15) is 17.5 Å². The topological polar surface area (TPSA) is 85.4 Å². The van der Waals surface area contributed by atoms with Gasteiger partial charge in [-0.3, -0.25) is 9.78 Å². The second-order valence-corrected chi connectivity index (χ2v) is 4.08. The van der Waals surface area contributed by atoms with E-state index >= 15 is 0 Å². The summed E-state index contributed by atoms with van der Waals surface area (Å²) in [5.41, 5.74) is 6.33. The zero-order valence-electron chi connectivity index (χ0n) is 10.2. The van der Waals surface area contributed by atoms with Crippen molar-refractivity contribution in [2.45, 2.75) is 12.5 Å². The maximum Gasteiger partial charge on any atom is 0.320 e. The molecule has 0 radical (unpaired) electrons. The number of rotatable bonds is 5. The third-order valence-corrected chi connectivity index (χ3v) is 2.58. The lowest BCUT2D eigenvalue weighted by atomic mass is 10.1. The minimum absolute atomic E-state index is 0.296. The van der Waals surface area contributed by atoms with Crippen LogP contribution >= 0.6 is 0 Å². The van der Waals surface area contributed by atoms with Crippen LogP contribution in [0.4, 0.5) is 0 Å². The third kappa shape index (κ3) is 3.79. The van der Waals surface area contributed by atoms with E-state index in [1.165, 1.54) is 0 Å². The Morgan fingerprint density at radius 3 is 2.32 bits per heavy atom. The van der Waals surface area contributed by atoms with Gasteiger partial charge in [-0.25, -0.2) is 0 Å². The summed E-state index contributed by atoms with van der Waals surface area (Å²) in [5.74, 6) is 0.376. The highest BCUT2D eigenvalue weighted by molar-refractivity contribution is 5.73. The van der Waals surface area contributed by atoms with Gasteiger partial charge in [0, 0.05) is 12.4 Å². The molecule has 1 atom stereocenters. The van der Waals surface area contributed by atoms with Gasteiger partial charge in [0.05, 0.1) is 0 Å². The molecule has 19 heavy (non-hydrogen) atoms. The molecule has 0 unspecified atom stereocenters. The molecular formula is C14H14N2O3. The summed E-state index contributed by atoms with van der Waals surface area (Å²) < 4.78 is 5.60. The first-order chi connectivity index (χ1) is 9.15. The van der Waals surface area contributed by atoms with Crippen molar-refractivity contribution in [1.82, 2.24) is 4.98 Å². The van der Waals surface area contributed by atoms with Crippen LogP contribution in [0.3, 0.4) is 0 Å². The highest BCUT2D eigenvalue weighted by atomic mass is 16.5. The highest BCUT2D eigenvalue weighted by Gasteiger charge is 2.11. The van der Waals surface area contributed by atoms with E-state index in [9.17, 15) is 4.79 Å². The third-order valence-electron chi connectivity index (χ3n) is 2.58. The molecule has 98 valence electrons. The van der Waals surface area contributed by atoms with E-state index in [0.29, 0.717) is 17.9 Å².